The number of carbonyl (C=O) groups is 1. The first-order valence-electron chi connectivity index (χ1n) is 7.10. The fraction of sp³-hybridized carbons (Fsp3) is 0.562. The molecule has 0 saturated carbocycles. The summed E-state index contributed by atoms with van der Waals surface area (Å²) in [4.78, 5) is 12.6. The minimum atomic E-state index is -0.466. The Kier molecular flexibility index (Phi) is 5.78. The van der Waals surface area contributed by atoms with Crippen molar-refractivity contribution in [3.05, 3.63) is 34.3 Å². The van der Waals surface area contributed by atoms with Crippen LogP contribution >= 0.6 is 15.9 Å². The van der Waals surface area contributed by atoms with Crippen LogP contribution in [-0.2, 0) is 10.3 Å². The van der Waals surface area contributed by atoms with E-state index in [4.69, 9.17) is 5.73 Å². The van der Waals surface area contributed by atoms with Crippen molar-refractivity contribution in [1.82, 2.24) is 5.32 Å². The van der Waals surface area contributed by atoms with Crippen molar-refractivity contribution in [3.63, 3.8) is 0 Å². The van der Waals surface area contributed by atoms with Crippen LogP contribution < -0.4 is 11.1 Å². The lowest BCUT2D eigenvalue weighted by molar-refractivity contribution is -0.132. The molecule has 0 saturated heterocycles. The second-order valence-corrected chi connectivity index (χ2v) is 6.69. The van der Waals surface area contributed by atoms with Crippen LogP contribution in [0.1, 0.15) is 46.1 Å². The van der Waals surface area contributed by atoms with Crippen molar-refractivity contribution >= 4 is 21.8 Å². The number of halogens is 1. The van der Waals surface area contributed by atoms with E-state index in [-0.39, 0.29) is 5.91 Å². The molecular weight excluding hydrogens is 316 g/mol. The first-order valence-corrected chi connectivity index (χ1v) is 7.89. The lowest BCUT2D eigenvalue weighted by Crippen LogP contribution is -2.51. The van der Waals surface area contributed by atoms with Gasteiger partial charge in [0, 0.05) is 11.0 Å². The van der Waals surface area contributed by atoms with Crippen LogP contribution in [0.15, 0.2) is 28.7 Å². The molecule has 112 valence electrons. The first-order chi connectivity index (χ1) is 9.31. The molecule has 0 unspecified atom stereocenters. The highest BCUT2D eigenvalue weighted by Gasteiger charge is 2.36. The summed E-state index contributed by atoms with van der Waals surface area (Å²) in [7, 11) is 0. The largest absolute Gasteiger partial charge is 0.347 e. The predicted octanol–water partition coefficient (Wildman–Crippen LogP) is 3.57. The SMILES string of the molecule is CCC(CC)(CN)C(=O)NC(C)(C)c1ccc(Br)cc1. The number of rotatable bonds is 6. The second-order valence-electron chi connectivity index (χ2n) is 5.78. The Morgan fingerprint density at radius 1 is 1.20 bits per heavy atom. The van der Waals surface area contributed by atoms with E-state index in [0.717, 1.165) is 22.9 Å². The highest BCUT2D eigenvalue weighted by Crippen LogP contribution is 2.29. The molecule has 4 heteroatoms. The number of hydrogen-bond donors (Lipinski definition) is 2. The maximum atomic E-state index is 12.6. The lowest BCUT2D eigenvalue weighted by Gasteiger charge is -2.35. The fourth-order valence-electron chi connectivity index (χ4n) is 2.31. The molecule has 0 aromatic heterocycles. The lowest BCUT2D eigenvalue weighted by atomic mass is 9.80. The van der Waals surface area contributed by atoms with Gasteiger partial charge >= 0.3 is 0 Å². The molecule has 1 aromatic rings. The third-order valence-electron chi connectivity index (χ3n) is 4.22. The van der Waals surface area contributed by atoms with Crippen LogP contribution in [0.2, 0.25) is 0 Å². The molecule has 3 N–H and O–H groups in total. The van der Waals surface area contributed by atoms with Crippen LogP contribution in [0.25, 0.3) is 0 Å². The van der Waals surface area contributed by atoms with Gasteiger partial charge in [0.25, 0.3) is 0 Å². The molecule has 0 heterocycles. The van der Waals surface area contributed by atoms with Gasteiger partial charge in [-0.1, -0.05) is 41.9 Å². The fourth-order valence-corrected chi connectivity index (χ4v) is 2.57. The molecule has 0 atom stereocenters. The third-order valence-corrected chi connectivity index (χ3v) is 4.75. The normalized spacial score (nSPS) is 12.3. The molecule has 20 heavy (non-hydrogen) atoms. The van der Waals surface area contributed by atoms with Gasteiger partial charge < -0.3 is 11.1 Å². The highest BCUT2D eigenvalue weighted by molar-refractivity contribution is 9.10. The van der Waals surface area contributed by atoms with E-state index in [2.05, 4.69) is 21.2 Å². The molecule has 1 amide bonds. The van der Waals surface area contributed by atoms with Crippen LogP contribution in [0, 0.1) is 5.41 Å². The monoisotopic (exact) mass is 340 g/mol. The second kappa shape index (κ2) is 6.72. The number of benzene rings is 1. The summed E-state index contributed by atoms with van der Waals surface area (Å²) < 4.78 is 1.03. The Morgan fingerprint density at radius 3 is 2.10 bits per heavy atom. The first kappa shape index (κ1) is 17.2. The maximum Gasteiger partial charge on any atom is 0.228 e. The molecular formula is C16H25BrN2O. The van der Waals surface area contributed by atoms with E-state index in [1.54, 1.807) is 0 Å². The summed E-state index contributed by atoms with van der Waals surface area (Å²) in [6.45, 7) is 8.44. The number of nitrogens with one attached hydrogen (secondary N) is 1. The van der Waals surface area contributed by atoms with Crippen molar-refractivity contribution < 1.29 is 4.79 Å². The number of hydrogen-bond acceptors (Lipinski definition) is 2. The van der Waals surface area contributed by atoms with Crippen molar-refractivity contribution in [1.29, 1.82) is 0 Å². The summed E-state index contributed by atoms with van der Waals surface area (Å²) in [6, 6.07) is 8.01. The molecule has 3 nitrogen and oxygen atoms in total. The van der Waals surface area contributed by atoms with E-state index >= 15 is 0 Å². The minimum absolute atomic E-state index is 0.0397. The Morgan fingerprint density at radius 2 is 1.70 bits per heavy atom. The van der Waals surface area contributed by atoms with E-state index in [1.165, 1.54) is 0 Å². The average molecular weight is 341 g/mol. The molecule has 0 spiro atoms. The standard InChI is InChI=1S/C16H25BrN2O/c1-5-16(6-2,11-18)14(20)19-15(3,4)12-7-9-13(17)10-8-12/h7-10H,5-6,11,18H2,1-4H3,(H,19,20). The van der Waals surface area contributed by atoms with E-state index in [0.29, 0.717) is 6.54 Å². The molecule has 0 radical (unpaired) electrons. The van der Waals surface area contributed by atoms with Gasteiger partial charge in [-0.2, -0.15) is 0 Å². The Bertz CT molecular complexity index is 442. The van der Waals surface area contributed by atoms with Crippen LogP contribution in [0.5, 0.6) is 0 Å². The maximum absolute atomic E-state index is 12.6. The van der Waals surface area contributed by atoms with Gasteiger partial charge in [0.2, 0.25) is 5.91 Å². The smallest absolute Gasteiger partial charge is 0.228 e. The number of nitrogens with two attached hydrogens (primary N) is 1. The van der Waals surface area contributed by atoms with Gasteiger partial charge in [0.05, 0.1) is 11.0 Å². The van der Waals surface area contributed by atoms with Crippen molar-refractivity contribution in [3.8, 4) is 0 Å². The number of carbonyl (C=O) groups excluding carboxylic acids is 1. The minimum Gasteiger partial charge on any atom is -0.347 e. The summed E-state index contributed by atoms with van der Waals surface area (Å²) in [6.07, 6.45) is 1.50. The van der Waals surface area contributed by atoms with Gasteiger partial charge in [-0.15, -0.1) is 0 Å². The summed E-state index contributed by atoms with van der Waals surface area (Å²) in [5.41, 5.74) is 6.04. The Balaban J connectivity index is 2.95. The third kappa shape index (κ3) is 3.61. The quantitative estimate of drug-likeness (QED) is 0.831. The topological polar surface area (TPSA) is 55.1 Å². The number of amides is 1. The van der Waals surface area contributed by atoms with Gasteiger partial charge in [0.15, 0.2) is 0 Å². The highest BCUT2D eigenvalue weighted by atomic mass is 79.9. The molecule has 0 aliphatic carbocycles. The summed E-state index contributed by atoms with van der Waals surface area (Å²) >= 11 is 3.42. The molecule has 0 fully saturated rings. The van der Waals surface area contributed by atoms with Crippen LogP contribution in [0.3, 0.4) is 0 Å². The van der Waals surface area contributed by atoms with Gasteiger partial charge in [-0.05, 0) is 44.4 Å². The molecule has 0 aliphatic heterocycles. The zero-order chi connectivity index (χ0) is 15.4. The van der Waals surface area contributed by atoms with Gasteiger partial charge in [0.1, 0.15) is 0 Å². The van der Waals surface area contributed by atoms with E-state index < -0.39 is 11.0 Å². The van der Waals surface area contributed by atoms with Gasteiger partial charge in [-0.25, -0.2) is 0 Å². The molecule has 1 aromatic carbocycles. The molecule has 0 bridgehead atoms. The van der Waals surface area contributed by atoms with Crippen molar-refractivity contribution in [2.24, 2.45) is 11.1 Å². The summed E-state index contributed by atoms with van der Waals surface area (Å²) in [5.74, 6) is 0.0397. The molecule has 1 rings (SSSR count). The van der Waals surface area contributed by atoms with E-state index in [9.17, 15) is 4.79 Å². The van der Waals surface area contributed by atoms with E-state index in [1.807, 2.05) is 52.0 Å². The van der Waals surface area contributed by atoms with Crippen molar-refractivity contribution in [2.45, 2.75) is 46.1 Å². The van der Waals surface area contributed by atoms with Crippen LogP contribution in [0.4, 0.5) is 0 Å². The Labute approximate surface area is 130 Å². The van der Waals surface area contributed by atoms with Crippen LogP contribution in [-0.4, -0.2) is 12.5 Å². The molecule has 0 aliphatic rings. The van der Waals surface area contributed by atoms with Crippen molar-refractivity contribution in [2.75, 3.05) is 6.54 Å². The zero-order valence-electron chi connectivity index (χ0n) is 12.8. The zero-order valence-corrected chi connectivity index (χ0v) is 14.4. The average Bonchev–Trinajstić information content (AvgIpc) is 2.41. The Hall–Kier alpha value is -0.870. The predicted molar refractivity (Wildman–Crippen MR) is 87.4 cm³/mol. The summed E-state index contributed by atoms with van der Waals surface area (Å²) in [5, 5.41) is 3.15. The van der Waals surface area contributed by atoms with Gasteiger partial charge in [-0.3, -0.25) is 4.79 Å².